The molecule has 0 fully saturated rings. The van der Waals surface area contributed by atoms with Gasteiger partial charge in [0.1, 0.15) is 0 Å². The van der Waals surface area contributed by atoms with E-state index in [4.69, 9.17) is 0 Å². The lowest BCUT2D eigenvalue weighted by Gasteiger charge is -2.04. The van der Waals surface area contributed by atoms with Gasteiger partial charge < -0.3 is 5.11 Å². The summed E-state index contributed by atoms with van der Waals surface area (Å²) in [5.41, 5.74) is 0. The molecule has 1 unspecified atom stereocenters. The Hall–Kier alpha value is -0.300. The maximum absolute atomic E-state index is 9.65. The van der Waals surface area contributed by atoms with Crippen LogP contribution in [0.15, 0.2) is 12.2 Å². The molecule has 0 saturated heterocycles. The zero-order valence-corrected chi connectivity index (χ0v) is 11.0. The van der Waals surface area contributed by atoms with Crippen molar-refractivity contribution in [1.82, 2.24) is 0 Å². The van der Waals surface area contributed by atoms with E-state index in [0.717, 1.165) is 25.7 Å². The minimum absolute atomic E-state index is 0.226. The quantitative estimate of drug-likeness (QED) is 0.400. The number of hydrogen-bond acceptors (Lipinski definition) is 1. The molecule has 95 valence electrons. The molecule has 0 aliphatic rings. The molecule has 0 heterocycles. The highest BCUT2D eigenvalue weighted by Gasteiger charge is 1.97. The molecule has 16 heavy (non-hydrogen) atoms. The van der Waals surface area contributed by atoms with Gasteiger partial charge in [0.2, 0.25) is 0 Å². The smallest absolute Gasteiger partial charge is 0.0720 e. The van der Waals surface area contributed by atoms with E-state index in [9.17, 15) is 5.11 Å². The van der Waals surface area contributed by atoms with Crippen LogP contribution in [-0.2, 0) is 0 Å². The van der Waals surface area contributed by atoms with Crippen molar-refractivity contribution < 1.29 is 5.11 Å². The van der Waals surface area contributed by atoms with Crippen molar-refractivity contribution in [3.05, 3.63) is 19.1 Å². The maximum Gasteiger partial charge on any atom is 0.0720 e. The van der Waals surface area contributed by atoms with E-state index in [1.165, 1.54) is 38.5 Å². The minimum Gasteiger partial charge on any atom is -0.389 e. The number of aliphatic hydroxyl groups is 1. The zero-order valence-electron chi connectivity index (χ0n) is 11.0. The van der Waals surface area contributed by atoms with Crippen LogP contribution in [0.1, 0.15) is 71.1 Å². The van der Waals surface area contributed by atoms with Gasteiger partial charge in [-0.1, -0.05) is 70.9 Å². The van der Waals surface area contributed by atoms with Crippen LogP contribution in [0.4, 0.5) is 0 Å². The monoisotopic (exact) mass is 225 g/mol. The molecule has 0 bridgehead atoms. The minimum atomic E-state index is -0.226. The van der Waals surface area contributed by atoms with E-state index in [1.54, 1.807) is 0 Å². The topological polar surface area (TPSA) is 20.2 Å². The van der Waals surface area contributed by atoms with Gasteiger partial charge in [0.25, 0.3) is 0 Å². The van der Waals surface area contributed by atoms with E-state index in [-0.39, 0.29) is 6.10 Å². The number of unbranched alkanes of at least 4 members (excludes halogenated alkanes) is 7. The van der Waals surface area contributed by atoms with Gasteiger partial charge in [-0.3, -0.25) is 0 Å². The van der Waals surface area contributed by atoms with Crippen molar-refractivity contribution in [3.63, 3.8) is 0 Å². The summed E-state index contributed by atoms with van der Waals surface area (Å²) < 4.78 is 0. The Morgan fingerprint density at radius 1 is 1.06 bits per heavy atom. The van der Waals surface area contributed by atoms with Crippen molar-refractivity contribution >= 4 is 0 Å². The molecular weight excluding hydrogens is 196 g/mol. The van der Waals surface area contributed by atoms with Crippen LogP contribution in [0, 0.1) is 6.92 Å². The Morgan fingerprint density at radius 3 is 2.50 bits per heavy atom. The second-order valence-corrected chi connectivity index (χ2v) is 4.55. The van der Waals surface area contributed by atoms with Gasteiger partial charge >= 0.3 is 0 Å². The number of rotatable bonds is 11. The first-order chi connectivity index (χ1) is 7.81. The summed E-state index contributed by atoms with van der Waals surface area (Å²) in [6.07, 6.45) is 15.6. The first-order valence-electron chi connectivity index (χ1n) is 6.95. The number of aliphatic hydroxyl groups excluding tert-OH is 1. The summed E-state index contributed by atoms with van der Waals surface area (Å²) in [5, 5.41) is 9.65. The van der Waals surface area contributed by atoms with Crippen LogP contribution in [0.2, 0.25) is 0 Å². The predicted octanol–water partition coefficient (Wildman–Crippen LogP) is 4.66. The molecule has 1 N–H and O–H groups in total. The van der Waals surface area contributed by atoms with Gasteiger partial charge in [0.05, 0.1) is 6.10 Å². The van der Waals surface area contributed by atoms with Crippen LogP contribution < -0.4 is 0 Å². The molecule has 1 nitrogen and oxygen atoms in total. The molecule has 1 atom stereocenters. The summed E-state index contributed by atoms with van der Waals surface area (Å²) in [6.45, 7) is 6.04. The summed E-state index contributed by atoms with van der Waals surface area (Å²) in [7, 11) is 0. The normalized spacial score (nSPS) is 13.4. The summed E-state index contributed by atoms with van der Waals surface area (Å²) in [5.74, 6) is 0. The van der Waals surface area contributed by atoms with Crippen LogP contribution in [0.5, 0.6) is 0 Å². The fourth-order valence-corrected chi connectivity index (χ4v) is 1.75. The lowest BCUT2D eigenvalue weighted by atomic mass is 10.1. The maximum atomic E-state index is 9.65. The fourth-order valence-electron chi connectivity index (χ4n) is 1.75. The number of hydrogen-bond donors (Lipinski definition) is 1. The largest absolute Gasteiger partial charge is 0.389 e. The Bertz CT molecular complexity index is 152. The standard InChI is InChI=1S/C15H29O/c1-3-5-7-9-10-12-14-15(16)13-11-8-6-4-2/h12,14-16H,2-11,13H2,1H3/b14-12+. The highest BCUT2D eigenvalue weighted by Crippen LogP contribution is 2.08. The SMILES string of the molecule is [CH2]CCCCCC(O)/C=C/CCCCCC. The van der Waals surface area contributed by atoms with Crippen LogP contribution in [-0.4, -0.2) is 11.2 Å². The van der Waals surface area contributed by atoms with Gasteiger partial charge in [0, 0.05) is 0 Å². The average molecular weight is 225 g/mol. The molecule has 0 aromatic rings. The van der Waals surface area contributed by atoms with Gasteiger partial charge in [-0.15, -0.1) is 0 Å². The van der Waals surface area contributed by atoms with Crippen LogP contribution in [0.25, 0.3) is 0 Å². The van der Waals surface area contributed by atoms with Crippen molar-refractivity contribution in [2.75, 3.05) is 0 Å². The van der Waals surface area contributed by atoms with E-state index in [0.29, 0.717) is 0 Å². The lowest BCUT2D eigenvalue weighted by Crippen LogP contribution is -2.01. The average Bonchev–Trinajstić information content (AvgIpc) is 2.29. The summed E-state index contributed by atoms with van der Waals surface area (Å²) in [4.78, 5) is 0. The van der Waals surface area contributed by atoms with Crippen molar-refractivity contribution in [1.29, 1.82) is 0 Å². The van der Waals surface area contributed by atoms with E-state index >= 15 is 0 Å². The molecular formula is C15H29O. The molecule has 0 saturated carbocycles. The Balaban J connectivity index is 3.26. The third-order valence-electron chi connectivity index (χ3n) is 2.83. The van der Waals surface area contributed by atoms with Crippen molar-refractivity contribution in [2.45, 2.75) is 77.2 Å². The molecule has 0 rings (SSSR count). The summed E-state index contributed by atoms with van der Waals surface area (Å²) in [6, 6.07) is 0. The highest BCUT2D eigenvalue weighted by atomic mass is 16.3. The van der Waals surface area contributed by atoms with Gasteiger partial charge in [-0.2, -0.15) is 0 Å². The van der Waals surface area contributed by atoms with E-state index < -0.39 is 0 Å². The zero-order chi connectivity index (χ0) is 12.1. The molecule has 0 aliphatic heterocycles. The lowest BCUT2D eigenvalue weighted by molar-refractivity contribution is 0.208. The Kier molecular flexibility index (Phi) is 12.5. The van der Waals surface area contributed by atoms with Crippen molar-refractivity contribution in [2.24, 2.45) is 0 Å². The summed E-state index contributed by atoms with van der Waals surface area (Å²) >= 11 is 0. The molecule has 0 amide bonds. The molecule has 1 heteroatoms. The van der Waals surface area contributed by atoms with E-state index in [2.05, 4.69) is 19.9 Å². The Labute approximate surface area is 102 Å². The first kappa shape index (κ1) is 15.7. The van der Waals surface area contributed by atoms with Crippen LogP contribution >= 0.6 is 0 Å². The molecule has 0 aromatic heterocycles. The third kappa shape index (κ3) is 11.8. The molecule has 0 spiro atoms. The third-order valence-corrected chi connectivity index (χ3v) is 2.83. The second-order valence-electron chi connectivity index (χ2n) is 4.55. The Morgan fingerprint density at radius 2 is 1.81 bits per heavy atom. The van der Waals surface area contributed by atoms with E-state index in [1.807, 2.05) is 6.08 Å². The van der Waals surface area contributed by atoms with Crippen LogP contribution in [0.3, 0.4) is 0 Å². The van der Waals surface area contributed by atoms with Gasteiger partial charge in [0.15, 0.2) is 0 Å². The second kappa shape index (κ2) is 12.8. The van der Waals surface area contributed by atoms with Crippen molar-refractivity contribution in [3.8, 4) is 0 Å². The fraction of sp³-hybridized carbons (Fsp3) is 0.800. The van der Waals surface area contributed by atoms with Gasteiger partial charge in [-0.25, -0.2) is 0 Å². The molecule has 1 radical (unpaired) electrons. The number of allylic oxidation sites excluding steroid dienone is 1. The van der Waals surface area contributed by atoms with Gasteiger partial charge in [-0.05, 0) is 19.3 Å². The molecule has 0 aliphatic carbocycles. The first-order valence-corrected chi connectivity index (χ1v) is 6.95. The molecule has 0 aromatic carbocycles. The predicted molar refractivity (Wildman–Crippen MR) is 72.3 cm³/mol. The highest BCUT2D eigenvalue weighted by molar-refractivity contribution is 4.88.